The van der Waals surface area contributed by atoms with Crippen LogP contribution in [0.15, 0.2) is 24.3 Å². The summed E-state index contributed by atoms with van der Waals surface area (Å²) in [5.74, 6) is -1.30. The van der Waals surface area contributed by atoms with Gasteiger partial charge < -0.3 is 15.4 Å². The molecule has 6 nitrogen and oxygen atoms in total. The average Bonchev–Trinajstić information content (AvgIpc) is 2.59. The summed E-state index contributed by atoms with van der Waals surface area (Å²) in [6, 6.07) is 7.10. The first kappa shape index (κ1) is 25.4. The van der Waals surface area contributed by atoms with E-state index in [1.807, 2.05) is 38.1 Å². The second-order valence-electron chi connectivity index (χ2n) is 8.62. The van der Waals surface area contributed by atoms with Gasteiger partial charge in [0.1, 0.15) is 11.6 Å². The Kier molecular flexibility index (Phi) is 10.1. The average molecular weight is 516 g/mol. The maximum Gasteiger partial charge on any atom is 0.307 e. The van der Waals surface area contributed by atoms with Crippen LogP contribution in [0.1, 0.15) is 53.0 Å². The van der Waals surface area contributed by atoms with E-state index in [9.17, 15) is 14.4 Å². The van der Waals surface area contributed by atoms with E-state index in [0.29, 0.717) is 12.8 Å². The summed E-state index contributed by atoms with van der Waals surface area (Å²) in [4.78, 5) is 37.6. The third-order valence-corrected chi connectivity index (χ3v) is 4.91. The van der Waals surface area contributed by atoms with Crippen LogP contribution in [0.4, 0.5) is 0 Å². The van der Waals surface area contributed by atoms with Gasteiger partial charge in [-0.2, -0.15) is 0 Å². The topological polar surface area (TPSA) is 84.5 Å². The van der Waals surface area contributed by atoms with Gasteiger partial charge in [-0.05, 0) is 73.4 Å². The second kappa shape index (κ2) is 11.5. The molecule has 0 saturated carbocycles. The largest absolute Gasteiger partial charge is 0.460 e. The number of rotatable bonds is 9. The molecular weight excluding hydrogens is 483 g/mol. The summed E-state index contributed by atoms with van der Waals surface area (Å²) >= 11 is 2.22. The monoisotopic (exact) mass is 516 g/mol. The Bertz CT molecular complexity index is 696. The van der Waals surface area contributed by atoms with Crippen molar-refractivity contribution in [3.63, 3.8) is 0 Å². The zero-order valence-electron chi connectivity index (χ0n) is 18.2. The van der Waals surface area contributed by atoms with Crippen molar-refractivity contribution in [2.75, 3.05) is 7.05 Å². The van der Waals surface area contributed by atoms with Gasteiger partial charge in [0.15, 0.2) is 0 Å². The standard InChI is InChI=1S/C22H33IN2O4/c1-14(2)11-16(13-19(26)29-22(3,4)5)20(27)25-18(21(28)24-6)12-15-7-9-17(23)10-8-15/h7-10,14,16,18H,11-13H2,1-6H3,(H,24,28)(H,25,27)/t16-,18+/m1/s1. The van der Waals surface area contributed by atoms with Crippen molar-refractivity contribution >= 4 is 40.4 Å². The summed E-state index contributed by atoms with van der Waals surface area (Å²) in [6.45, 7) is 9.38. The number of carbonyl (C=O) groups is 3. The van der Waals surface area contributed by atoms with E-state index in [2.05, 4.69) is 33.2 Å². The first-order valence-electron chi connectivity index (χ1n) is 9.89. The Balaban J connectivity index is 2.91. The van der Waals surface area contributed by atoms with Gasteiger partial charge in [-0.3, -0.25) is 14.4 Å². The van der Waals surface area contributed by atoms with Gasteiger partial charge in [0.2, 0.25) is 11.8 Å². The molecule has 0 radical (unpaired) electrons. The van der Waals surface area contributed by atoms with E-state index in [4.69, 9.17) is 4.74 Å². The van der Waals surface area contributed by atoms with Crippen molar-refractivity contribution in [2.24, 2.45) is 11.8 Å². The zero-order chi connectivity index (χ0) is 22.2. The van der Waals surface area contributed by atoms with Crippen molar-refractivity contribution in [3.05, 3.63) is 33.4 Å². The number of likely N-dealkylation sites (N-methyl/N-ethyl adjacent to an activating group) is 1. The Morgan fingerprint density at radius 3 is 2.14 bits per heavy atom. The minimum absolute atomic E-state index is 0.00865. The summed E-state index contributed by atoms with van der Waals surface area (Å²) in [7, 11) is 1.54. The molecule has 162 valence electrons. The van der Waals surface area contributed by atoms with Gasteiger partial charge in [0.05, 0.1) is 6.42 Å². The molecule has 2 amide bonds. The summed E-state index contributed by atoms with van der Waals surface area (Å²) in [5, 5.41) is 5.45. The van der Waals surface area contributed by atoms with Crippen LogP contribution in [-0.2, 0) is 25.5 Å². The minimum atomic E-state index is -0.708. The molecule has 0 aliphatic heterocycles. The van der Waals surface area contributed by atoms with Crippen LogP contribution in [0.5, 0.6) is 0 Å². The van der Waals surface area contributed by atoms with Gasteiger partial charge in [-0.1, -0.05) is 26.0 Å². The van der Waals surface area contributed by atoms with E-state index < -0.39 is 23.5 Å². The SMILES string of the molecule is CNC(=O)[C@H](Cc1ccc(I)cc1)NC(=O)[C@@H](CC(=O)OC(C)(C)C)CC(C)C. The molecule has 0 bridgehead atoms. The maximum absolute atomic E-state index is 13.0. The third-order valence-electron chi connectivity index (χ3n) is 4.19. The highest BCUT2D eigenvalue weighted by atomic mass is 127. The van der Waals surface area contributed by atoms with E-state index in [1.165, 1.54) is 0 Å². The van der Waals surface area contributed by atoms with Crippen molar-refractivity contribution in [1.82, 2.24) is 10.6 Å². The van der Waals surface area contributed by atoms with Gasteiger partial charge >= 0.3 is 5.97 Å². The van der Waals surface area contributed by atoms with Crippen LogP contribution in [0.3, 0.4) is 0 Å². The molecule has 29 heavy (non-hydrogen) atoms. The second-order valence-corrected chi connectivity index (χ2v) is 9.87. The molecule has 1 aromatic rings. The van der Waals surface area contributed by atoms with E-state index in [-0.39, 0.29) is 24.2 Å². The number of carbonyl (C=O) groups excluding carboxylic acids is 3. The zero-order valence-corrected chi connectivity index (χ0v) is 20.3. The molecule has 2 N–H and O–H groups in total. The van der Waals surface area contributed by atoms with Crippen LogP contribution >= 0.6 is 22.6 Å². The normalized spacial score (nSPS) is 13.5. The fourth-order valence-corrected chi connectivity index (χ4v) is 3.33. The predicted octanol–water partition coefficient (Wildman–Crippen LogP) is 3.46. The van der Waals surface area contributed by atoms with Gasteiger partial charge in [-0.15, -0.1) is 0 Å². The van der Waals surface area contributed by atoms with Crippen LogP contribution in [-0.4, -0.2) is 36.5 Å². The van der Waals surface area contributed by atoms with Crippen LogP contribution in [0, 0.1) is 15.4 Å². The number of halogens is 1. The van der Waals surface area contributed by atoms with Crippen molar-refractivity contribution in [3.8, 4) is 0 Å². The molecule has 2 atom stereocenters. The highest BCUT2D eigenvalue weighted by Crippen LogP contribution is 2.19. The molecule has 0 aliphatic rings. The van der Waals surface area contributed by atoms with E-state index in [0.717, 1.165) is 9.13 Å². The van der Waals surface area contributed by atoms with Gasteiger partial charge in [0, 0.05) is 23.0 Å². The number of hydrogen-bond donors (Lipinski definition) is 2. The molecule has 0 aliphatic carbocycles. The van der Waals surface area contributed by atoms with Crippen molar-refractivity contribution in [1.29, 1.82) is 0 Å². The summed E-state index contributed by atoms with van der Waals surface area (Å²) in [6.07, 6.45) is 0.906. The molecule has 0 saturated heterocycles. The van der Waals surface area contributed by atoms with Gasteiger partial charge in [0.25, 0.3) is 0 Å². The number of benzene rings is 1. The smallest absolute Gasteiger partial charge is 0.307 e. The van der Waals surface area contributed by atoms with Crippen LogP contribution in [0.2, 0.25) is 0 Å². The van der Waals surface area contributed by atoms with Crippen LogP contribution < -0.4 is 10.6 Å². The molecule has 1 rings (SSSR count). The molecule has 0 unspecified atom stereocenters. The number of hydrogen-bond acceptors (Lipinski definition) is 4. The molecule has 0 aromatic heterocycles. The Hall–Kier alpha value is -1.64. The van der Waals surface area contributed by atoms with E-state index >= 15 is 0 Å². The summed E-state index contributed by atoms with van der Waals surface area (Å²) in [5.41, 5.74) is 0.345. The van der Waals surface area contributed by atoms with Crippen molar-refractivity contribution < 1.29 is 19.1 Å². The Labute approximate surface area is 187 Å². The third kappa shape index (κ3) is 10.1. The summed E-state index contributed by atoms with van der Waals surface area (Å²) < 4.78 is 6.48. The molecule has 7 heteroatoms. The van der Waals surface area contributed by atoms with E-state index in [1.54, 1.807) is 27.8 Å². The Morgan fingerprint density at radius 2 is 1.66 bits per heavy atom. The molecule has 0 fully saturated rings. The lowest BCUT2D eigenvalue weighted by molar-refractivity contribution is -0.157. The minimum Gasteiger partial charge on any atom is -0.460 e. The van der Waals surface area contributed by atoms with Gasteiger partial charge in [-0.25, -0.2) is 0 Å². The first-order valence-corrected chi connectivity index (χ1v) is 11.0. The molecular formula is C22H33IN2O4. The lowest BCUT2D eigenvalue weighted by Crippen LogP contribution is -2.49. The van der Waals surface area contributed by atoms with Crippen molar-refractivity contribution in [2.45, 2.75) is 65.5 Å². The number of esters is 1. The van der Waals surface area contributed by atoms with Crippen LogP contribution in [0.25, 0.3) is 0 Å². The molecule has 1 aromatic carbocycles. The quantitative estimate of drug-likeness (QED) is 0.389. The fraction of sp³-hybridized carbons (Fsp3) is 0.591. The highest BCUT2D eigenvalue weighted by Gasteiger charge is 2.29. The highest BCUT2D eigenvalue weighted by molar-refractivity contribution is 14.1. The number of ether oxygens (including phenoxy) is 1. The maximum atomic E-state index is 13.0. The predicted molar refractivity (Wildman–Crippen MR) is 122 cm³/mol. The lowest BCUT2D eigenvalue weighted by atomic mass is 9.92. The Morgan fingerprint density at radius 1 is 1.07 bits per heavy atom. The number of amides is 2. The number of nitrogens with one attached hydrogen (secondary N) is 2. The lowest BCUT2D eigenvalue weighted by Gasteiger charge is -2.25. The first-order chi connectivity index (χ1) is 13.4. The fourth-order valence-electron chi connectivity index (χ4n) is 2.97. The molecule has 0 heterocycles. The molecule has 0 spiro atoms.